The Morgan fingerprint density at radius 2 is 0.983 bits per heavy atom. The van der Waals surface area contributed by atoms with E-state index in [1.54, 1.807) is 0 Å². The van der Waals surface area contributed by atoms with E-state index in [9.17, 15) is 24.2 Å². The molecule has 0 aliphatic rings. The van der Waals surface area contributed by atoms with Crippen molar-refractivity contribution in [1.82, 2.24) is 5.32 Å². The lowest BCUT2D eigenvalue weighted by atomic mass is 10.1. The van der Waals surface area contributed by atoms with Crippen molar-refractivity contribution in [3.05, 3.63) is 85.1 Å². The number of amides is 1. The summed E-state index contributed by atoms with van der Waals surface area (Å²) >= 11 is 0. The van der Waals surface area contributed by atoms with Gasteiger partial charge in [-0.2, -0.15) is 0 Å². The average Bonchev–Trinajstić information content (AvgIpc) is 3.21. The first-order chi connectivity index (χ1) is 28.3. The van der Waals surface area contributed by atoms with E-state index >= 15 is 0 Å². The summed E-state index contributed by atoms with van der Waals surface area (Å²) in [6.07, 6.45) is 55.1. The molecule has 0 saturated carbocycles. The normalized spacial score (nSPS) is 14.1. The van der Waals surface area contributed by atoms with E-state index in [1.807, 2.05) is 0 Å². The molecule has 2 unspecified atom stereocenters. The molecule has 0 radical (unpaired) electrons. The van der Waals surface area contributed by atoms with Crippen LogP contribution < -0.4 is 5.32 Å². The quantitative estimate of drug-likeness (QED) is 0.0240. The van der Waals surface area contributed by atoms with Gasteiger partial charge in [0.05, 0.1) is 13.2 Å². The second-order valence-electron chi connectivity index (χ2n) is 14.6. The van der Waals surface area contributed by atoms with Crippen LogP contribution in [0.3, 0.4) is 0 Å². The fraction of sp³-hybridized carbons (Fsp3) is 0.667. The van der Waals surface area contributed by atoms with Gasteiger partial charge in [0.25, 0.3) is 0 Å². The lowest BCUT2D eigenvalue weighted by molar-refractivity contribution is -0.147. The molecule has 0 bridgehead atoms. The van der Waals surface area contributed by atoms with Crippen LogP contribution in [0.4, 0.5) is 0 Å². The predicted molar refractivity (Wildman–Crippen MR) is 242 cm³/mol. The maximum atomic E-state index is 12.1. The van der Waals surface area contributed by atoms with Crippen LogP contribution in [0.25, 0.3) is 0 Å². The first-order valence-electron chi connectivity index (χ1n) is 22.6. The van der Waals surface area contributed by atoms with E-state index < -0.39 is 26.5 Å². The van der Waals surface area contributed by atoms with Gasteiger partial charge in [-0.05, 0) is 83.5 Å². The Morgan fingerprint density at radius 3 is 1.48 bits per heavy atom. The van der Waals surface area contributed by atoms with Crippen LogP contribution in [0.2, 0.25) is 0 Å². The molecule has 0 aliphatic carbocycles. The molecule has 0 aromatic heterocycles. The van der Waals surface area contributed by atoms with Crippen LogP contribution in [-0.2, 0) is 27.9 Å². The minimum absolute atomic E-state index is 0.0683. The second-order valence-corrected chi connectivity index (χ2v) is 16.1. The van der Waals surface area contributed by atoms with Crippen LogP contribution in [-0.4, -0.2) is 54.3 Å². The maximum absolute atomic E-state index is 12.1. The van der Waals surface area contributed by atoms with Crippen molar-refractivity contribution in [1.29, 1.82) is 0 Å². The first kappa shape index (κ1) is 55.2. The van der Waals surface area contributed by atoms with Crippen LogP contribution >= 0.6 is 7.82 Å². The number of rotatable bonds is 41. The van der Waals surface area contributed by atoms with E-state index in [2.05, 4.69) is 104 Å². The number of carbonyl (C=O) groups excluding carboxylic acids is 2. The summed E-state index contributed by atoms with van der Waals surface area (Å²) in [4.78, 5) is 33.9. The van der Waals surface area contributed by atoms with E-state index in [0.717, 1.165) is 109 Å². The molecule has 0 aromatic rings. The van der Waals surface area contributed by atoms with Crippen LogP contribution in [0, 0.1) is 0 Å². The van der Waals surface area contributed by atoms with Gasteiger partial charge in [0.1, 0.15) is 12.7 Å². The van der Waals surface area contributed by atoms with E-state index in [1.165, 1.54) is 38.5 Å². The lowest BCUT2D eigenvalue weighted by Gasteiger charge is -2.15. The van der Waals surface area contributed by atoms with Crippen molar-refractivity contribution in [3.8, 4) is 0 Å². The summed E-state index contributed by atoms with van der Waals surface area (Å²) in [7, 11) is -4.43. The van der Waals surface area contributed by atoms with Crippen molar-refractivity contribution in [2.45, 2.75) is 180 Å². The molecule has 0 aliphatic heterocycles. The van der Waals surface area contributed by atoms with Crippen LogP contribution in [0.1, 0.15) is 174 Å². The molecule has 0 heterocycles. The zero-order chi connectivity index (χ0) is 42.5. The zero-order valence-corrected chi connectivity index (χ0v) is 37.4. The Kier molecular flexibility index (Phi) is 41.6. The molecule has 2 atom stereocenters. The van der Waals surface area contributed by atoms with Gasteiger partial charge in [-0.3, -0.25) is 18.6 Å². The van der Waals surface area contributed by atoms with Crippen molar-refractivity contribution in [3.63, 3.8) is 0 Å². The highest BCUT2D eigenvalue weighted by Crippen LogP contribution is 2.42. The van der Waals surface area contributed by atoms with Gasteiger partial charge in [-0.1, -0.05) is 163 Å². The van der Waals surface area contributed by atoms with Gasteiger partial charge in [-0.15, -0.1) is 0 Å². The highest BCUT2D eigenvalue weighted by atomic mass is 31.2. The van der Waals surface area contributed by atoms with Gasteiger partial charge in [0.2, 0.25) is 5.91 Å². The number of esters is 1. The second kappa shape index (κ2) is 43.8. The van der Waals surface area contributed by atoms with Gasteiger partial charge in [0, 0.05) is 19.4 Å². The molecular formula is C48H82NO8P. The molecule has 332 valence electrons. The van der Waals surface area contributed by atoms with Crippen LogP contribution in [0.15, 0.2) is 85.1 Å². The first-order valence-corrected chi connectivity index (χ1v) is 24.1. The van der Waals surface area contributed by atoms with Gasteiger partial charge >= 0.3 is 13.8 Å². The number of hydrogen-bond acceptors (Lipinski definition) is 7. The third-order valence-corrected chi connectivity index (χ3v) is 10.0. The number of aliphatic hydroxyl groups excluding tert-OH is 1. The van der Waals surface area contributed by atoms with Gasteiger partial charge < -0.3 is 20.1 Å². The summed E-state index contributed by atoms with van der Waals surface area (Å²) in [6.45, 7) is 3.35. The summed E-state index contributed by atoms with van der Waals surface area (Å²) in [5.41, 5.74) is 0. The summed E-state index contributed by atoms with van der Waals surface area (Å²) < 4.78 is 26.9. The number of ether oxygens (including phenoxy) is 1. The highest BCUT2D eigenvalue weighted by molar-refractivity contribution is 7.47. The van der Waals surface area contributed by atoms with Crippen molar-refractivity contribution in [2.24, 2.45) is 0 Å². The lowest BCUT2D eigenvalue weighted by Crippen LogP contribution is -2.27. The molecule has 1 amide bonds. The molecule has 0 aromatic carbocycles. The number of unbranched alkanes of at least 4 members (excludes halogenated alkanes) is 14. The highest BCUT2D eigenvalue weighted by Gasteiger charge is 2.23. The molecular weight excluding hydrogens is 750 g/mol. The van der Waals surface area contributed by atoms with Crippen molar-refractivity contribution >= 4 is 19.7 Å². The Balaban J connectivity index is 3.65. The van der Waals surface area contributed by atoms with E-state index in [4.69, 9.17) is 13.8 Å². The summed E-state index contributed by atoms with van der Waals surface area (Å²) in [6, 6.07) is 0. The Bertz CT molecular complexity index is 1220. The Labute approximate surface area is 353 Å². The molecule has 3 N–H and O–H groups in total. The standard InChI is InChI=1S/C48H82NO8P/c1-3-5-7-9-11-13-15-17-19-20-21-22-23-24-25-26-27-29-31-33-35-37-39-41-48(52)55-44-46(50)45-57-58(53,54)56-43-42-49-47(51)40-38-36-34-32-30-28-18-16-14-12-10-8-6-4-2/h5,7,10-13,16-19,21-22,24-25,46,50H,3-4,6,8-9,14-15,20,23,26-45H2,1-2H3,(H,49,51)(H,53,54)/b7-5-,12-10-,13-11-,18-16-,19-17-,22-21-,25-24-. The molecule has 58 heavy (non-hydrogen) atoms. The molecule has 9 nitrogen and oxygen atoms in total. The Morgan fingerprint density at radius 1 is 0.552 bits per heavy atom. The fourth-order valence-electron chi connectivity index (χ4n) is 5.66. The van der Waals surface area contributed by atoms with Crippen molar-refractivity contribution in [2.75, 3.05) is 26.4 Å². The molecule has 0 saturated heterocycles. The summed E-state index contributed by atoms with van der Waals surface area (Å²) in [5.74, 6) is -0.548. The van der Waals surface area contributed by atoms with E-state index in [-0.39, 0.29) is 32.1 Å². The van der Waals surface area contributed by atoms with Crippen molar-refractivity contribution < 1.29 is 37.9 Å². The molecule has 0 fully saturated rings. The zero-order valence-electron chi connectivity index (χ0n) is 36.5. The number of phosphoric ester groups is 1. The van der Waals surface area contributed by atoms with Gasteiger partial charge in [0.15, 0.2) is 0 Å². The maximum Gasteiger partial charge on any atom is 0.472 e. The SMILES string of the molecule is CC/C=C\C/C=C\C/C=C\C/C=C\C/C=C\CCCCCCCCCC(=O)OCC(O)COP(=O)(O)OCCNC(=O)CCCCCCC/C=C\C/C=C\CCCC. The number of phosphoric acid groups is 1. The number of nitrogens with one attached hydrogen (secondary N) is 1. The number of carbonyl (C=O) groups is 2. The average molecular weight is 832 g/mol. The van der Waals surface area contributed by atoms with Crippen LogP contribution in [0.5, 0.6) is 0 Å². The monoisotopic (exact) mass is 832 g/mol. The topological polar surface area (TPSA) is 131 Å². The fourth-order valence-corrected chi connectivity index (χ4v) is 6.41. The third kappa shape index (κ3) is 44.3. The Hall–Kier alpha value is -2.81. The number of allylic oxidation sites excluding steroid dienone is 14. The van der Waals surface area contributed by atoms with Gasteiger partial charge in [-0.25, -0.2) is 4.57 Å². The number of aliphatic hydroxyl groups is 1. The minimum atomic E-state index is -4.43. The smallest absolute Gasteiger partial charge is 0.463 e. The molecule has 0 rings (SSSR count). The molecule has 0 spiro atoms. The largest absolute Gasteiger partial charge is 0.472 e. The predicted octanol–water partition coefficient (Wildman–Crippen LogP) is 12.8. The third-order valence-electron chi connectivity index (χ3n) is 9.06. The number of hydrogen-bond donors (Lipinski definition) is 3. The minimum Gasteiger partial charge on any atom is -0.463 e. The summed E-state index contributed by atoms with van der Waals surface area (Å²) in [5, 5.41) is 12.7. The molecule has 10 heteroatoms. The van der Waals surface area contributed by atoms with E-state index in [0.29, 0.717) is 6.42 Å².